The number of oxazole rings is 1. The van der Waals surface area contributed by atoms with E-state index in [-0.39, 0.29) is 5.91 Å². The number of carbonyl (C=O) groups is 1. The van der Waals surface area contributed by atoms with Gasteiger partial charge in [-0.1, -0.05) is 44.2 Å². The molecular formula is C19H20N2O2. The quantitative estimate of drug-likeness (QED) is 0.760. The van der Waals surface area contributed by atoms with Crippen LogP contribution in [0.25, 0.3) is 11.1 Å². The minimum Gasteiger partial charge on any atom is -0.440 e. The van der Waals surface area contributed by atoms with Crippen molar-refractivity contribution in [3.8, 4) is 0 Å². The first-order chi connectivity index (χ1) is 11.1. The number of aromatic nitrogens is 1. The highest BCUT2D eigenvalue weighted by atomic mass is 16.3. The average Bonchev–Trinajstić information content (AvgIpc) is 2.88. The van der Waals surface area contributed by atoms with E-state index in [2.05, 4.69) is 10.3 Å². The van der Waals surface area contributed by atoms with Gasteiger partial charge in [0.2, 0.25) is 5.91 Å². The van der Waals surface area contributed by atoms with Crippen molar-refractivity contribution < 1.29 is 9.21 Å². The van der Waals surface area contributed by atoms with Crippen molar-refractivity contribution in [2.75, 3.05) is 5.32 Å². The third kappa shape index (κ3) is 3.97. The van der Waals surface area contributed by atoms with Gasteiger partial charge in [-0.25, -0.2) is 4.98 Å². The number of fused-ring (bicyclic) bond motifs is 1. The van der Waals surface area contributed by atoms with Gasteiger partial charge in [0.05, 0.1) is 0 Å². The summed E-state index contributed by atoms with van der Waals surface area (Å²) in [6.45, 7) is 4.05. The molecule has 3 aromatic rings. The van der Waals surface area contributed by atoms with Gasteiger partial charge >= 0.3 is 0 Å². The van der Waals surface area contributed by atoms with Crippen molar-refractivity contribution in [3.05, 3.63) is 60.0 Å². The van der Waals surface area contributed by atoms with Crippen LogP contribution in [0.3, 0.4) is 0 Å². The Morgan fingerprint density at radius 1 is 1.17 bits per heavy atom. The van der Waals surface area contributed by atoms with Crippen LogP contribution < -0.4 is 5.32 Å². The van der Waals surface area contributed by atoms with Gasteiger partial charge in [-0.3, -0.25) is 4.79 Å². The largest absolute Gasteiger partial charge is 0.440 e. The predicted octanol–water partition coefficient (Wildman–Crippen LogP) is 4.40. The third-order valence-electron chi connectivity index (χ3n) is 3.51. The standard InChI is InChI=1S/C19H20N2O2/c1-13(2)10-18(22)20-15-8-9-17-16(12-15)21-19(23-17)11-14-6-4-3-5-7-14/h3-9,12-13H,10-11H2,1-2H3,(H,20,22). The molecule has 1 amide bonds. The van der Waals surface area contributed by atoms with Gasteiger partial charge in [-0.05, 0) is 29.7 Å². The summed E-state index contributed by atoms with van der Waals surface area (Å²) < 4.78 is 5.77. The van der Waals surface area contributed by atoms with E-state index in [1.54, 1.807) is 0 Å². The third-order valence-corrected chi connectivity index (χ3v) is 3.51. The van der Waals surface area contributed by atoms with Gasteiger partial charge < -0.3 is 9.73 Å². The van der Waals surface area contributed by atoms with Gasteiger partial charge in [-0.15, -0.1) is 0 Å². The maximum absolute atomic E-state index is 11.9. The van der Waals surface area contributed by atoms with E-state index in [4.69, 9.17) is 4.42 Å². The van der Waals surface area contributed by atoms with Crippen molar-refractivity contribution in [2.24, 2.45) is 5.92 Å². The Bertz CT molecular complexity index is 807. The highest BCUT2D eigenvalue weighted by Crippen LogP contribution is 2.22. The molecule has 2 aromatic carbocycles. The van der Waals surface area contributed by atoms with Crippen LogP contribution in [0, 0.1) is 5.92 Å². The second-order valence-corrected chi connectivity index (χ2v) is 6.10. The summed E-state index contributed by atoms with van der Waals surface area (Å²) in [4.78, 5) is 16.4. The second-order valence-electron chi connectivity index (χ2n) is 6.10. The van der Waals surface area contributed by atoms with Crippen LogP contribution >= 0.6 is 0 Å². The van der Waals surface area contributed by atoms with Crippen LogP contribution in [-0.4, -0.2) is 10.9 Å². The molecule has 0 spiro atoms. The molecule has 0 fully saturated rings. The molecule has 4 heteroatoms. The summed E-state index contributed by atoms with van der Waals surface area (Å²) in [5.41, 5.74) is 3.41. The minimum absolute atomic E-state index is 0.0207. The molecular weight excluding hydrogens is 288 g/mol. The summed E-state index contributed by atoms with van der Waals surface area (Å²) in [5.74, 6) is 1.03. The molecule has 0 atom stereocenters. The monoisotopic (exact) mass is 308 g/mol. The first kappa shape index (κ1) is 15.3. The number of hydrogen-bond acceptors (Lipinski definition) is 3. The maximum atomic E-state index is 11.9. The maximum Gasteiger partial charge on any atom is 0.224 e. The highest BCUT2D eigenvalue weighted by molar-refractivity contribution is 5.92. The summed E-state index contributed by atoms with van der Waals surface area (Å²) in [5, 5.41) is 2.90. The number of nitrogens with zero attached hydrogens (tertiary/aromatic N) is 1. The molecule has 1 heterocycles. The second kappa shape index (κ2) is 6.65. The number of rotatable bonds is 5. The lowest BCUT2D eigenvalue weighted by Crippen LogP contribution is -2.13. The lowest BCUT2D eigenvalue weighted by molar-refractivity contribution is -0.116. The molecule has 0 aliphatic rings. The average molecular weight is 308 g/mol. The molecule has 1 N–H and O–H groups in total. The molecule has 0 aliphatic heterocycles. The lowest BCUT2D eigenvalue weighted by Gasteiger charge is -2.06. The number of nitrogens with one attached hydrogen (secondary N) is 1. The van der Waals surface area contributed by atoms with Gasteiger partial charge in [0.1, 0.15) is 5.52 Å². The molecule has 4 nitrogen and oxygen atoms in total. The molecule has 0 unspecified atom stereocenters. The molecule has 0 bridgehead atoms. The van der Waals surface area contributed by atoms with Gasteiger partial charge in [-0.2, -0.15) is 0 Å². The fraction of sp³-hybridized carbons (Fsp3) is 0.263. The van der Waals surface area contributed by atoms with Crippen LogP contribution in [0.5, 0.6) is 0 Å². The molecule has 3 rings (SSSR count). The van der Waals surface area contributed by atoms with Crippen molar-refractivity contribution in [3.63, 3.8) is 0 Å². The van der Waals surface area contributed by atoms with E-state index < -0.39 is 0 Å². The van der Waals surface area contributed by atoms with Crippen LogP contribution in [0.2, 0.25) is 0 Å². The number of amides is 1. The molecule has 118 valence electrons. The van der Waals surface area contributed by atoms with Crippen molar-refractivity contribution in [1.29, 1.82) is 0 Å². The van der Waals surface area contributed by atoms with Gasteiger partial charge in [0.15, 0.2) is 11.5 Å². The molecule has 1 aromatic heterocycles. The zero-order valence-corrected chi connectivity index (χ0v) is 13.4. The van der Waals surface area contributed by atoms with Crippen molar-refractivity contribution in [2.45, 2.75) is 26.7 Å². The topological polar surface area (TPSA) is 55.1 Å². The summed E-state index contributed by atoms with van der Waals surface area (Å²) in [6, 6.07) is 15.6. The normalized spacial score (nSPS) is 11.1. The van der Waals surface area contributed by atoms with E-state index in [0.29, 0.717) is 24.7 Å². The van der Waals surface area contributed by atoms with Crippen LogP contribution in [-0.2, 0) is 11.2 Å². The van der Waals surface area contributed by atoms with Crippen molar-refractivity contribution >= 4 is 22.7 Å². The van der Waals surface area contributed by atoms with Crippen LogP contribution in [0.1, 0.15) is 31.7 Å². The zero-order valence-electron chi connectivity index (χ0n) is 13.4. The highest BCUT2D eigenvalue weighted by Gasteiger charge is 2.09. The Labute approximate surface area is 135 Å². The number of carbonyl (C=O) groups excluding carboxylic acids is 1. The first-order valence-corrected chi connectivity index (χ1v) is 7.83. The Morgan fingerprint density at radius 3 is 2.70 bits per heavy atom. The number of hydrogen-bond donors (Lipinski definition) is 1. The molecule has 0 aliphatic carbocycles. The number of anilines is 1. The number of benzene rings is 2. The smallest absolute Gasteiger partial charge is 0.224 e. The minimum atomic E-state index is 0.0207. The lowest BCUT2D eigenvalue weighted by atomic mass is 10.1. The van der Waals surface area contributed by atoms with E-state index in [1.807, 2.05) is 62.4 Å². The van der Waals surface area contributed by atoms with Crippen LogP contribution in [0.4, 0.5) is 5.69 Å². The Hall–Kier alpha value is -2.62. The molecule has 0 saturated heterocycles. The molecule has 0 saturated carbocycles. The fourth-order valence-corrected chi connectivity index (χ4v) is 2.48. The van der Waals surface area contributed by atoms with Gasteiger partial charge in [0.25, 0.3) is 0 Å². The predicted molar refractivity (Wildman–Crippen MR) is 91.3 cm³/mol. The zero-order chi connectivity index (χ0) is 16.2. The first-order valence-electron chi connectivity index (χ1n) is 7.83. The SMILES string of the molecule is CC(C)CC(=O)Nc1ccc2oc(Cc3ccccc3)nc2c1. The van der Waals surface area contributed by atoms with Crippen LogP contribution in [0.15, 0.2) is 52.9 Å². The van der Waals surface area contributed by atoms with E-state index in [0.717, 1.165) is 22.4 Å². The van der Waals surface area contributed by atoms with Gasteiger partial charge in [0, 0.05) is 18.5 Å². The molecule has 0 radical (unpaired) electrons. The van der Waals surface area contributed by atoms with E-state index >= 15 is 0 Å². The van der Waals surface area contributed by atoms with E-state index in [1.165, 1.54) is 0 Å². The summed E-state index contributed by atoms with van der Waals surface area (Å²) in [7, 11) is 0. The summed E-state index contributed by atoms with van der Waals surface area (Å²) in [6.07, 6.45) is 1.17. The summed E-state index contributed by atoms with van der Waals surface area (Å²) >= 11 is 0. The Kier molecular flexibility index (Phi) is 4.42. The van der Waals surface area contributed by atoms with Crippen molar-refractivity contribution in [1.82, 2.24) is 4.98 Å². The van der Waals surface area contributed by atoms with E-state index in [9.17, 15) is 4.79 Å². The fourth-order valence-electron chi connectivity index (χ4n) is 2.48. The Morgan fingerprint density at radius 2 is 1.96 bits per heavy atom. The Balaban J connectivity index is 1.76. The molecule has 23 heavy (non-hydrogen) atoms.